The summed E-state index contributed by atoms with van der Waals surface area (Å²) in [7, 11) is 3.57. The Morgan fingerprint density at radius 2 is 1.92 bits per heavy atom. The second kappa shape index (κ2) is 8.16. The average molecular weight is 488 g/mol. The second-order valence-electron chi connectivity index (χ2n) is 12.0. The van der Waals surface area contributed by atoms with E-state index in [-0.39, 0.29) is 29.4 Å². The lowest BCUT2D eigenvalue weighted by molar-refractivity contribution is -0.168. The van der Waals surface area contributed by atoms with Crippen molar-refractivity contribution in [2.75, 3.05) is 25.6 Å². The lowest BCUT2D eigenvalue weighted by atomic mass is 9.48. The molecule has 0 spiro atoms. The van der Waals surface area contributed by atoms with Crippen LogP contribution in [0.25, 0.3) is 0 Å². The van der Waals surface area contributed by atoms with E-state index >= 15 is 0 Å². The summed E-state index contributed by atoms with van der Waals surface area (Å²) in [6.07, 6.45) is 8.43. The van der Waals surface area contributed by atoms with Crippen molar-refractivity contribution in [3.63, 3.8) is 0 Å². The highest BCUT2D eigenvalue weighted by atomic mass is 16.5. The molecule has 0 N–H and O–H groups in total. The molecule has 6 rings (SSSR count). The number of hydrogen-bond donors (Lipinski definition) is 0. The van der Waals surface area contributed by atoms with Crippen LogP contribution in [0.4, 0.5) is 5.69 Å². The Kier molecular flexibility index (Phi) is 5.37. The van der Waals surface area contributed by atoms with E-state index in [1.165, 1.54) is 40.6 Å². The number of ketones is 2. The first-order chi connectivity index (χ1) is 17.2. The fourth-order valence-corrected chi connectivity index (χ4v) is 9.02. The molecule has 0 bridgehead atoms. The molecule has 0 aromatic heterocycles. The van der Waals surface area contributed by atoms with Gasteiger partial charge < -0.3 is 9.64 Å². The van der Waals surface area contributed by atoms with Crippen molar-refractivity contribution in [3.05, 3.63) is 52.1 Å². The number of methoxy groups -OCH3 is 1. The first kappa shape index (κ1) is 23.7. The largest absolute Gasteiger partial charge is 0.468 e. The monoisotopic (exact) mass is 487 g/mol. The Balaban J connectivity index is 1.55. The number of nitrogens with zero attached hydrogens (tertiary/aromatic N) is 1. The molecule has 0 radical (unpaired) electrons. The van der Waals surface area contributed by atoms with Crippen molar-refractivity contribution in [1.29, 1.82) is 0 Å². The molecule has 36 heavy (non-hydrogen) atoms. The van der Waals surface area contributed by atoms with Crippen LogP contribution < -0.4 is 4.90 Å². The molecule has 1 heterocycles. The number of likely N-dealkylation sites (N-methyl/N-ethyl adjacent to an activating group) is 1. The molecule has 4 aliphatic carbocycles. The maximum absolute atomic E-state index is 13.4. The summed E-state index contributed by atoms with van der Waals surface area (Å²) in [6, 6.07) is 6.91. The summed E-state index contributed by atoms with van der Waals surface area (Å²) in [5.74, 6) is 0.568. The van der Waals surface area contributed by atoms with Crippen molar-refractivity contribution >= 4 is 23.2 Å². The first-order valence-electron chi connectivity index (χ1n) is 13.6. The van der Waals surface area contributed by atoms with Crippen LogP contribution in [0.15, 0.2) is 41.0 Å². The number of allylic oxidation sites excluding steroid dienone is 4. The molecule has 2 fully saturated rings. The lowest BCUT2D eigenvalue weighted by Crippen LogP contribution is -2.54. The molecule has 1 aromatic rings. The number of rotatable bonds is 3. The fourth-order valence-electron chi connectivity index (χ4n) is 9.02. The number of carbonyl (C=O) groups excluding carboxylic acids is 3. The van der Waals surface area contributed by atoms with Gasteiger partial charge in [-0.05, 0) is 104 Å². The van der Waals surface area contributed by atoms with E-state index in [1.54, 1.807) is 6.92 Å². The number of carbonyl (C=O) groups is 3. The topological polar surface area (TPSA) is 63.7 Å². The van der Waals surface area contributed by atoms with Crippen molar-refractivity contribution in [2.24, 2.45) is 22.7 Å². The number of fused-ring (bicyclic) bond motifs is 5. The van der Waals surface area contributed by atoms with E-state index in [0.717, 1.165) is 45.1 Å². The summed E-state index contributed by atoms with van der Waals surface area (Å²) < 4.78 is 5.34. The van der Waals surface area contributed by atoms with Crippen molar-refractivity contribution < 1.29 is 19.1 Å². The molecule has 0 amide bonds. The van der Waals surface area contributed by atoms with E-state index in [2.05, 4.69) is 37.1 Å². The molecule has 5 heteroatoms. The Morgan fingerprint density at radius 1 is 1.11 bits per heavy atom. The van der Waals surface area contributed by atoms with Gasteiger partial charge in [-0.25, -0.2) is 0 Å². The van der Waals surface area contributed by atoms with Crippen LogP contribution in [0.5, 0.6) is 0 Å². The molecule has 0 saturated heterocycles. The normalized spacial score (nSPS) is 35.0. The van der Waals surface area contributed by atoms with E-state index in [4.69, 9.17) is 4.74 Å². The van der Waals surface area contributed by atoms with Gasteiger partial charge in [0, 0.05) is 31.6 Å². The summed E-state index contributed by atoms with van der Waals surface area (Å²) in [6.45, 7) is 4.83. The molecule has 190 valence electrons. The molecule has 1 aromatic carbocycles. The van der Waals surface area contributed by atoms with Crippen LogP contribution in [0.3, 0.4) is 0 Å². The zero-order chi connectivity index (χ0) is 25.4. The van der Waals surface area contributed by atoms with Gasteiger partial charge in [-0.2, -0.15) is 0 Å². The number of benzene rings is 1. The van der Waals surface area contributed by atoms with Gasteiger partial charge in [0.2, 0.25) is 0 Å². The molecule has 2 saturated carbocycles. The second-order valence-corrected chi connectivity index (χ2v) is 12.0. The van der Waals surface area contributed by atoms with Gasteiger partial charge in [-0.15, -0.1) is 0 Å². The quantitative estimate of drug-likeness (QED) is 0.426. The summed E-state index contributed by atoms with van der Waals surface area (Å²) >= 11 is 0. The molecule has 5 atom stereocenters. The molecule has 5 aliphatic rings. The molecular formula is C31H37NO4. The Morgan fingerprint density at radius 3 is 2.67 bits per heavy atom. The van der Waals surface area contributed by atoms with Crippen LogP contribution in [-0.4, -0.2) is 38.2 Å². The van der Waals surface area contributed by atoms with Gasteiger partial charge in [0.15, 0.2) is 5.78 Å². The van der Waals surface area contributed by atoms with E-state index in [9.17, 15) is 14.4 Å². The SMILES string of the molecule is COC(=O)[C@]1(C(C)=O)CC[C@H]2[C@@H]3CCC4=CC(=O)CCC4=C3[C@@H](c3ccc4c(c3)CCN4C)C[C@@]21C. The average Bonchev–Trinajstić information content (AvgIpc) is 3.39. The highest BCUT2D eigenvalue weighted by Crippen LogP contribution is 2.70. The van der Waals surface area contributed by atoms with E-state index < -0.39 is 10.8 Å². The highest BCUT2D eigenvalue weighted by molar-refractivity contribution is 6.04. The lowest BCUT2D eigenvalue weighted by Gasteiger charge is -2.54. The fraction of sp³-hybridized carbons (Fsp3) is 0.581. The Labute approximate surface area is 214 Å². The standard InChI is InChI=1S/C31H37NO4/c1-18(33)31(29(35)36-4)13-11-26-24-8-5-20-16-22(34)7-9-23(20)28(24)25(17-30(26,31)2)19-6-10-27-21(15-19)12-14-32(27)3/h6,10,15-16,24-26H,5,7-9,11-14,17H2,1-4H3/t24-,25+,26-,30-,31+/m0/s1. The maximum Gasteiger partial charge on any atom is 0.319 e. The summed E-state index contributed by atoms with van der Waals surface area (Å²) in [4.78, 5) is 41.3. The summed E-state index contributed by atoms with van der Waals surface area (Å²) in [5.41, 5.74) is 6.55. The van der Waals surface area contributed by atoms with E-state index in [1.807, 2.05) is 6.08 Å². The van der Waals surface area contributed by atoms with Gasteiger partial charge in [-0.1, -0.05) is 24.6 Å². The van der Waals surface area contributed by atoms with E-state index in [0.29, 0.717) is 18.8 Å². The minimum Gasteiger partial charge on any atom is -0.468 e. The van der Waals surface area contributed by atoms with Crippen LogP contribution >= 0.6 is 0 Å². The summed E-state index contributed by atoms with van der Waals surface area (Å²) in [5, 5.41) is 0. The van der Waals surface area contributed by atoms with Crippen LogP contribution in [0, 0.1) is 22.7 Å². The molecule has 0 unspecified atom stereocenters. The smallest absolute Gasteiger partial charge is 0.319 e. The molecule has 5 nitrogen and oxygen atoms in total. The third-order valence-electron chi connectivity index (χ3n) is 10.7. The third kappa shape index (κ3) is 3.04. The Hall–Kier alpha value is -2.69. The minimum atomic E-state index is -1.09. The maximum atomic E-state index is 13.4. The highest BCUT2D eigenvalue weighted by Gasteiger charge is 2.69. The number of esters is 1. The van der Waals surface area contributed by atoms with Crippen molar-refractivity contribution in [2.45, 2.75) is 71.1 Å². The van der Waals surface area contributed by atoms with Crippen molar-refractivity contribution in [3.8, 4) is 0 Å². The molecule has 1 aliphatic heterocycles. The van der Waals surface area contributed by atoms with Crippen LogP contribution in [0.1, 0.15) is 75.8 Å². The molecular weight excluding hydrogens is 450 g/mol. The first-order valence-corrected chi connectivity index (χ1v) is 13.6. The van der Waals surface area contributed by atoms with Gasteiger partial charge in [0.1, 0.15) is 11.2 Å². The van der Waals surface area contributed by atoms with Crippen LogP contribution in [0.2, 0.25) is 0 Å². The number of Topliss-reactive ketones (excluding diaryl/α,β-unsaturated/α-hetero) is 1. The van der Waals surface area contributed by atoms with Crippen molar-refractivity contribution in [1.82, 2.24) is 0 Å². The third-order valence-corrected chi connectivity index (χ3v) is 10.7. The zero-order valence-electron chi connectivity index (χ0n) is 22.0. The predicted molar refractivity (Wildman–Crippen MR) is 139 cm³/mol. The predicted octanol–water partition coefficient (Wildman–Crippen LogP) is 5.33. The number of anilines is 1. The number of hydrogen-bond acceptors (Lipinski definition) is 5. The van der Waals surface area contributed by atoms with Gasteiger partial charge >= 0.3 is 5.97 Å². The number of ether oxygens (including phenoxy) is 1. The van der Waals surface area contributed by atoms with Gasteiger partial charge in [0.05, 0.1) is 7.11 Å². The Bertz CT molecular complexity index is 1240. The minimum absolute atomic E-state index is 0.0514. The van der Waals surface area contributed by atoms with Gasteiger partial charge in [0.25, 0.3) is 0 Å². The zero-order valence-corrected chi connectivity index (χ0v) is 22.0. The van der Waals surface area contributed by atoms with Crippen LogP contribution in [-0.2, 0) is 25.5 Å². The van der Waals surface area contributed by atoms with Gasteiger partial charge in [-0.3, -0.25) is 14.4 Å².